The largest absolute Gasteiger partial charge is 1.00 e. The van der Waals surface area contributed by atoms with E-state index in [1.807, 2.05) is 12.2 Å². The molecule has 0 bridgehead atoms. The third-order valence-corrected chi connectivity index (χ3v) is 10.6. The first kappa shape index (κ1) is 39.3. The van der Waals surface area contributed by atoms with E-state index >= 15 is 0 Å². The van der Waals surface area contributed by atoms with Gasteiger partial charge in [-0.3, -0.25) is 6.08 Å². The molecule has 0 saturated carbocycles. The maximum absolute atomic E-state index is 2.99. The van der Waals surface area contributed by atoms with Crippen LogP contribution < -0.4 is 24.8 Å². The van der Waals surface area contributed by atoms with Crippen LogP contribution in [0.5, 0.6) is 0 Å². The summed E-state index contributed by atoms with van der Waals surface area (Å²) in [6, 6.07) is 46.9. The fourth-order valence-electron chi connectivity index (χ4n) is 6.56. The van der Waals surface area contributed by atoms with E-state index in [9.17, 15) is 0 Å². The first-order valence-corrected chi connectivity index (χ1v) is 18.8. The van der Waals surface area contributed by atoms with Crippen LogP contribution >= 0.6 is 0 Å². The van der Waals surface area contributed by atoms with E-state index < -0.39 is 0 Å². The molecule has 1 aliphatic rings. The van der Waals surface area contributed by atoms with Gasteiger partial charge in [0.15, 0.2) is 0 Å². The molecule has 0 aromatic heterocycles. The van der Waals surface area contributed by atoms with Crippen molar-refractivity contribution in [1.29, 1.82) is 0 Å². The van der Waals surface area contributed by atoms with Crippen LogP contribution in [-0.4, -0.2) is 3.21 Å². The summed E-state index contributed by atoms with van der Waals surface area (Å²) in [6.45, 7) is 4.50. The predicted octanol–water partition coefficient (Wildman–Crippen LogP) is 6.82. The van der Waals surface area contributed by atoms with Crippen LogP contribution in [0.2, 0.25) is 0 Å². The van der Waals surface area contributed by atoms with Gasteiger partial charge in [0.05, 0.1) is 0 Å². The third kappa shape index (κ3) is 9.44. The third-order valence-electron chi connectivity index (χ3n) is 9.21. The Morgan fingerprint density at radius 3 is 1.56 bits per heavy atom. The molecule has 0 radical (unpaired) electrons. The van der Waals surface area contributed by atoms with Crippen molar-refractivity contribution in [2.75, 3.05) is 0 Å². The Kier molecular flexibility index (Phi) is 15.6. The van der Waals surface area contributed by atoms with Crippen LogP contribution in [0.15, 0.2) is 146 Å². The van der Waals surface area contributed by atoms with Gasteiger partial charge in [0.1, 0.15) is 0 Å². The van der Waals surface area contributed by atoms with Crippen LogP contribution in [0.25, 0.3) is 43.1 Å². The molecule has 0 nitrogen and oxygen atoms in total. The van der Waals surface area contributed by atoms with Gasteiger partial charge in [-0.25, -0.2) is 12.2 Å². The molecular formula is C47H44Cl2Zr-2. The number of allylic oxidation sites excluding steroid dienone is 4. The van der Waals surface area contributed by atoms with Gasteiger partial charge in [0.25, 0.3) is 0 Å². The molecular weight excluding hydrogens is 727 g/mol. The van der Waals surface area contributed by atoms with Crippen molar-refractivity contribution in [3.63, 3.8) is 0 Å². The average Bonchev–Trinajstić information content (AvgIpc) is 3.87. The maximum Gasteiger partial charge on any atom is -0.0255 e. The number of aryl methyl sites for hydroxylation is 2. The van der Waals surface area contributed by atoms with Gasteiger partial charge in [0, 0.05) is 0 Å². The monoisotopic (exact) mass is 768 g/mol. The Morgan fingerprint density at radius 2 is 1.08 bits per heavy atom. The van der Waals surface area contributed by atoms with E-state index in [-0.39, 0.29) is 24.8 Å². The predicted molar refractivity (Wildman–Crippen MR) is 207 cm³/mol. The number of fused-ring (bicyclic) bond motifs is 8. The smallest absolute Gasteiger partial charge is 0.0255 e. The van der Waals surface area contributed by atoms with Crippen molar-refractivity contribution in [1.82, 2.24) is 0 Å². The van der Waals surface area contributed by atoms with Crippen molar-refractivity contribution in [3.05, 3.63) is 174 Å². The zero-order valence-corrected chi connectivity index (χ0v) is 33.0. The summed E-state index contributed by atoms with van der Waals surface area (Å²) in [5.74, 6) is 0. The molecule has 50 heavy (non-hydrogen) atoms. The maximum atomic E-state index is 2.99. The van der Waals surface area contributed by atoms with E-state index in [0.717, 1.165) is 6.42 Å². The Balaban J connectivity index is 0.000000190. The second-order valence-electron chi connectivity index (χ2n) is 12.6. The van der Waals surface area contributed by atoms with E-state index in [0.29, 0.717) is 0 Å². The van der Waals surface area contributed by atoms with Crippen LogP contribution in [0.3, 0.4) is 0 Å². The number of hydrogen-bond acceptors (Lipinski definition) is 0. The summed E-state index contributed by atoms with van der Waals surface area (Å²) >= 11 is 1.48. The van der Waals surface area contributed by atoms with Crippen molar-refractivity contribution >= 4 is 46.3 Å². The molecule has 0 saturated heterocycles. The minimum absolute atomic E-state index is 0. The van der Waals surface area contributed by atoms with Crippen LogP contribution in [-0.2, 0) is 37.1 Å². The number of unbranched alkanes of at least 4 members (excludes halogenated alkanes) is 2. The van der Waals surface area contributed by atoms with Gasteiger partial charge >= 0.3 is 151 Å². The molecule has 1 aliphatic carbocycles. The van der Waals surface area contributed by atoms with Gasteiger partial charge < -0.3 is 24.8 Å². The van der Waals surface area contributed by atoms with Crippen molar-refractivity contribution in [2.45, 2.75) is 58.8 Å². The normalized spacial score (nSPS) is 11.4. The minimum Gasteiger partial charge on any atom is -1.00 e. The molecule has 252 valence electrons. The molecule has 0 atom stereocenters. The summed E-state index contributed by atoms with van der Waals surface area (Å²) < 4.78 is 1.45. The first-order valence-electron chi connectivity index (χ1n) is 17.5. The summed E-state index contributed by atoms with van der Waals surface area (Å²) in [6.07, 6.45) is 17.5. The number of hydrogen-bond donors (Lipinski definition) is 0. The van der Waals surface area contributed by atoms with Crippen LogP contribution in [0.4, 0.5) is 0 Å². The second-order valence-corrected chi connectivity index (χ2v) is 13.8. The van der Waals surface area contributed by atoms with Gasteiger partial charge in [-0.1, -0.05) is 77.5 Å². The van der Waals surface area contributed by atoms with E-state index in [1.165, 1.54) is 131 Å². The molecule has 7 aromatic rings. The molecule has 8 rings (SSSR count). The van der Waals surface area contributed by atoms with E-state index in [2.05, 4.69) is 153 Å². The number of rotatable bonds is 8. The van der Waals surface area contributed by atoms with E-state index in [4.69, 9.17) is 0 Å². The van der Waals surface area contributed by atoms with Gasteiger partial charge in [-0.2, -0.15) is 6.08 Å². The van der Waals surface area contributed by atoms with Gasteiger partial charge in [-0.15, -0.1) is 40.1 Å². The minimum atomic E-state index is 0. The van der Waals surface area contributed by atoms with E-state index in [1.54, 1.807) is 0 Å². The molecule has 0 N–H and O–H groups in total. The first-order chi connectivity index (χ1) is 23.7. The molecule has 0 spiro atoms. The van der Waals surface area contributed by atoms with Crippen molar-refractivity contribution < 1.29 is 49.0 Å². The Hall–Kier alpha value is -3.48. The number of halogens is 2. The Morgan fingerprint density at radius 1 is 0.600 bits per heavy atom. The Bertz CT molecular complexity index is 2120. The molecule has 0 aliphatic heterocycles. The fourth-order valence-corrected chi connectivity index (χ4v) is 7.38. The Labute approximate surface area is 325 Å². The average molecular weight is 771 g/mol. The van der Waals surface area contributed by atoms with Crippen molar-refractivity contribution in [3.8, 4) is 0 Å². The fraction of sp³-hybridized carbons (Fsp3) is 0.191. The summed E-state index contributed by atoms with van der Waals surface area (Å²) in [4.78, 5) is 0. The zero-order chi connectivity index (χ0) is 33.1. The van der Waals surface area contributed by atoms with Gasteiger partial charge in [0.2, 0.25) is 0 Å². The molecule has 3 heteroatoms. The second kappa shape index (κ2) is 19.8. The van der Waals surface area contributed by atoms with Gasteiger partial charge in [-0.05, 0) is 10.8 Å². The standard InChI is InChI=1S/C21H13.C21H26.C5H5.2ClH.Zr/c1-2-8-15-14(7-1)13-20-18-11-4-3-9-16(18)17-10-5-6-12-19(17)21(15)20;1-3-5-7-18-9-13-20(14-10-18)17-21-15-11-19(12-16-21)8-6-4-2;1-2-4-5-3-1;;;/h1-13H;9-16H,3-8H2,1-2H3;1-3H,4H2;2*1H;/q-1;;-1;;;+2/p-2. The molecule has 7 aromatic carbocycles. The quantitative estimate of drug-likeness (QED) is 0.118. The summed E-state index contributed by atoms with van der Waals surface area (Å²) in [5, 5.41) is 10.8. The topological polar surface area (TPSA) is 0 Å². The number of benzene rings is 6. The van der Waals surface area contributed by atoms with Crippen LogP contribution in [0, 0.1) is 6.08 Å². The van der Waals surface area contributed by atoms with Crippen molar-refractivity contribution in [2.24, 2.45) is 0 Å². The zero-order valence-electron chi connectivity index (χ0n) is 29.1. The SMILES string of the molecule is CCCCc1ccc([C](=[Zr+2])c2ccc(CCCC)cc2)cc1.[C-]1=CC=CC1.[Cl-].[Cl-].c1ccc2c(c1)[cH-]c1c3ccccc3c3ccccc3c21. The molecule has 0 fully saturated rings. The summed E-state index contributed by atoms with van der Waals surface area (Å²) in [5.41, 5.74) is 5.67. The van der Waals surface area contributed by atoms with Crippen LogP contribution in [0.1, 0.15) is 68.2 Å². The molecule has 0 unspecified atom stereocenters. The molecule has 0 heterocycles. The summed E-state index contributed by atoms with van der Waals surface area (Å²) in [7, 11) is 0. The molecule has 0 amide bonds.